The van der Waals surface area contributed by atoms with Gasteiger partial charge in [-0.05, 0) is 30.5 Å². The molecule has 2 heterocycles. The van der Waals surface area contributed by atoms with E-state index in [0.717, 1.165) is 43.8 Å². The van der Waals surface area contributed by atoms with Gasteiger partial charge in [-0.1, -0.05) is 53.5 Å². The average Bonchev–Trinajstić information content (AvgIpc) is 2.79. The minimum Gasteiger partial charge on any atom is -0.490 e. The summed E-state index contributed by atoms with van der Waals surface area (Å²) in [5.74, 6) is -0.0816. The Morgan fingerprint density at radius 2 is 1.84 bits per heavy atom. The fourth-order valence-electron chi connectivity index (χ4n) is 4.47. The highest BCUT2D eigenvalue weighted by Crippen LogP contribution is 2.28. The van der Waals surface area contributed by atoms with Crippen molar-refractivity contribution in [3.05, 3.63) is 64.1 Å². The van der Waals surface area contributed by atoms with Gasteiger partial charge in [0.15, 0.2) is 0 Å². The van der Waals surface area contributed by atoms with Gasteiger partial charge in [-0.3, -0.25) is 9.69 Å². The highest BCUT2D eigenvalue weighted by molar-refractivity contribution is 6.42. The maximum atomic E-state index is 12.0. The lowest BCUT2D eigenvalue weighted by molar-refractivity contribution is -0.147. The van der Waals surface area contributed by atoms with Gasteiger partial charge in [-0.2, -0.15) is 0 Å². The Morgan fingerprint density at radius 1 is 1.09 bits per heavy atom. The number of aliphatic carboxylic acids is 1. The molecular weight excluding hydrogens is 451 g/mol. The van der Waals surface area contributed by atoms with Crippen molar-refractivity contribution in [3.63, 3.8) is 0 Å². The van der Waals surface area contributed by atoms with E-state index in [1.54, 1.807) is 12.1 Å². The predicted molar refractivity (Wildman–Crippen MR) is 125 cm³/mol. The van der Waals surface area contributed by atoms with Crippen molar-refractivity contribution in [2.45, 2.75) is 31.1 Å². The molecule has 0 saturated carbocycles. The number of carboxylic acids is 1. The number of likely N-dealkylation sites (tertiary alicyclic amines) is 1. The molecule has 172 valence electrons. The van der Waals surface area contributed by atoms with Crippen molar-refractivity contribution in [2.75, 3.05) is 39.3 Å². The normalized spacial score (nSPS) is 21.9. The Kier molecular flexibility index (Phi) is 7.92. The third kappa shape index (κ3) is 5.94. The lowest BCUT2D eigenvalue weighted by Gasteiger charge is -2.40. The Balaban J connectivity index is 1.28. The number of hydrogen-bond acceptors (Lipinski definition) is 5. The molecule has 0 radical (unpaired) electrons. The third-order valence-corrected chi connectivity index (χ3v) is 6.81. The zero-order valence-electron chi connectivity index (χ0n) is 17.8. The molecule has 2 aromatic rings. The van der Waals surface area contributed by atoms with Gasteiger partial charge in [0.05, 0.1) is 22.8 Å². The van der Waals surface area contributed by atoms with Crippen LogP contribution < -0.4 is 4.74 Å². The van der Waals surface area contributed by atoms with E-state index in [1.807, 2.05) is 41.3 Å². The fourth-order valence-corrected chi connectivity index (χ4v) is 4.76. The summed E-state index contributed by atoms with van der Waals surface area (Å²) in [4.78, 5) is 16.4. The summed E-state index contributed by atoms with van der Waals surface area (Å²) in [6.07, 6.45) is 1.96. The molecule has 32 heavy (non-hydrogen) atoms. The van der Waals surface area contributed by atoms with Crippen molar-refractivity contribution < 1.29 is 19.4 Å². The lowest BCUT2D eigenvalue weighted by atomic mass is 10.0. The van der Waals surface area contributed by atoms with E-state index in [9.17, 15) is 9.90 Å². The second-order valence-electron chi connectivity index (χ2n) is 8.33. The summed E-state index contributed by atoms with van der Waals surface area (Å²) in [6, 6.07) is 14.1. The summed E-state index contributed by atoms with van der Waals surface area (Å²) >= 11 is 12.1. The quantitative estimate of drug-likeness (QED) is 0.637. The van der Waals surface area contributed by atoms with Crippen LogP contribution in [0.15, 0.2) is 48.5 Å². The molecule has 0 spiro atoms. The maximum Gasteiger partial charge on any atom is 0.325 e. The van der Waals surface area contributed by atoms with E-state index in [-0.39, 0.29) is 12.2 Å². The number of halogens is 2. The SMILES string of the molecule is O=C(O)C(c1ccccc1)N1CCOC(CN2CCC(Oc3ccc(Cl)c(Cl)c3)CC2)C1. The molecule has 1 N–H and O–H groups in total. The van der Waals surface area contributed by atoms with E-state index in [0.29, 0.717) is 29.7 Å². The minimum absolute atomic E-state index is 0.0122. The van der Waals surface area contributed by atoms with Crippen molar-refractivity contribution in [1.82, 2.24) is 9.80 Å². The van der Waals surface area contributed by atoms with E-state index in [1.165, 1.54) is 0 Å². The van der Waals surface area contributed by atoms with Gasteiger partial charge < -0.3 is 19.5 Å². The molecule has 0 bridgehead atoms. The van der Waals surface area contributed by atoms with E-state index >= 15 is 0 Å². The van der Waals surface area contributed by atoms with Crippen LogP contribution in [0.3, 0.4) is 0 Å². The molecule has 0 aliphatic carbocycles. The summed E-state index contributed by atoms with van der Waals surface area (Å²) in [7, 11) is 0. The monoisotopic (exact) mass is 478 g/mol. The zero-order chi connectivity index (χ0) is 22.5. The van der Waals surface area contributed by atoms with E-state index in [2.05, 4.69) is 4.90 Å². The van der Waals surface area contributed by atoms with Crippen LogP contribution in [-0.2, 0) is 9.53 Å². The first-order chi connectivity index (χ1) is 15.5. The topological polar surface area (TPSA) is 62.2 Å². The molecular formula is C24H28Cl2N2O4. The second kappa shape index (κ2) is 10.9. The second-order valence-corrected chi connectivity index (χ2v) is 9.15. The molecule has 2 aliphatic heterocycles. The van der Waals surface area contributed by atoms with E-state index in [4.69, 9.17) is 32.7 Å². The molecule has 0 aromatic heterocycles. The molecule has 2 atom stereocenters. The first-order valence-electron chi connectivity index (χ1n) is 11.0. The molecule has 2 saturated heterocycles. The lowest BCUT2D eigenvalue weighted by Crippen LogP contribution is -2.51. The Labute approximate surface area is 198 Å². The van der Waals surface area contributed by atoms with Gasteiger partial charge in [0, 0.05) is 38.8 Å². The number of carboxylic acid groups (broad SMARTS) is 1. The molecule has 4 rings (SSSR count). The van der Waals surface area contributed by atoms with Crippen LogP contribution in [-0.4, -0.2) is 72.4 Å². The molecule has 2 unspecified atom stereocenters. The number of morpholine rings is 1. The van der Waals surface area contributed by atoms with Gasteiger partial charge in [-0.25, -0.2) is 0 Å². The highest BCUT2D eigenvalue weighted by Gasteiger charge is 2.33. The summed E-state index contributed by atoms with van der Waals surface area (Å²) in [6.45, 7) is 4.36. The highest BCUT2D eigenvalue weighted by atomic mass is 35.5. The predicted octanol–water partition coefficient (Wildman–Crippen LogP) is 4.36. The van der Waals surface area contributed by atoms with Crippen LogP contribution in [0.5, 0.6) is 5.75 Å². The van der Waals surface area contributed by atoms with Crippen molar-refractivity contribution in [3.8, 4) is 5.75 Å². The molecule has 8 heteroatoms. The average molecular weight is 479 g/mol. The number of benzene rings is 2. The van der Waals surface area contributed by atoms with Gasteiger partial charge in [-0.15, -0.1) is 0 Å². The Hall–Kier alpha value is -1.83. The fraction of sp³-hybridized carbons (Fsp3) is 0.458. The first kappa shape index (κ1) is 23.3. The number of ether oxygens (including phenoxy) is 2. The molecule has 2 aliphatic rings. The van der Waals surface area contributed by atoms with Crippen LogP contribution in [0.4, 0.5) is 0 Å². The Morgan fingerprint density at radius 3 is 2.53 bits per heavy atom. The van der Waals surface area contributed by atoms with Gasteiger partial charge >= 0.3 is 5.97 Å². The van der Waals surface area contributed by atoms with Crippen molar-refractivity contribution in [2.24, 2.45) is 0 Å². The largest absolute Gasteiger partial charge is 0.490 e. The van der Waals surface area contributed by atoms with Gasteiger partial charge in [0.25, 0.3) is 0 Å². The number of nitrogens with zero attached hydrogens (tertiary/aromatic N) is 2. The smallest absolute Gasteiger partial charge is 0.325 e. The van der Waals surface area contributed by atoms with Gasteiger partial charge in [0.2, 0.25) is 0 Å². The van der Waals surface area contributed by atoms with Gasteiger partial charge in [0.1, 0.15) is 17.9 Å². The first-order valence-corrected chi connectivity index (χ1v) is 11.7. The van der Waals surface area contributed by atoms with E-state index < -0.39 is 12.0 Å². The third-order valence-electron chi connectivity index (χ3n) is 6.07. The number of rotatable bonds is 7. The van der Waals surface area contributed by atoms with Crippen LogP contribution in [0.2, 0.25) is 10.0 Å². The van der Waals surface area contributed by atoms with Crippen LogP contribution >= 0.6 is 23.2 Å². The van der Waals surface area contributed by atoms with Crippen molar-refractivity contribution in [1.29, 1.82) is 0 Å². The molecule has 0 amide bonds. The standard InChI is InChI=1S/C24H28Cl2N2O4/c25-21-7-6-19(14-22(21)26)32-18-8-10-27(11-9-18)15-20-16-28(12-13-31-20)23(24(29)30)17-4-2-1-3-5-17/h1-7,14,18,20,23H,8-13,15-16H2,(H,29,30). The number of hydrogen-bond donors (Lipinski definition) is 1. The number of piperidine rings is 1. The van der Waals surface area contributed by atoms with Crippen molar-refractivity contribution >= 4 is 29.2 Å². The summed E-state index contributed by atoms with van der Waals surface area (Å²) in [5.41, 5.74) is 0.806. The van der Waals surface area contributed by atoms with Crippen LogP contribution in [0.1, 0.15) is 24.4 Å². The molecule has 2 aromatic carbocycles. The number of carbonyl (C=O) groups is 1. The zero-order valence-corrected chi connectivity index (χ0v) is 19.3. The molecule has 2 fully saturated rings. The maximum absolute atomic E-state index is 12.0. The summed E-state index contributed by atoms with van der Waals surface area (Å²) < 4.78 is 12.1. The summed E-state index contributed by atoms with van der Waals surface area (Å²) in [5, 5.41) is 10.9. The van der Waals surface area contributed by atoms with Crippen LogP contribution in [0, 0.1) is 0 Å². The van der Waals surface area contributed by atoms with Crippen LogP contribution in [0.25, 0.3) is 0 Å². The Bertz CT molecular complexity index is 906. The minimum atomic E-state index is -0.822. The molecule has 6 nitrogen and oxygen atoms in total.